The maximum Gasteiger partial charge on any atom is 0.310 e. The number of hydrogen-bond donors (Lipinski definition) is 0. The van der Waals surface area contributed by atoms with E-state index in [1.807, 2.05) is 31.2 Å². The molecule has 1 aromatic heterocycles. The molecule has 0 unspecified atom stereocenters. The third-order valence-electron chi connectivity index (χ3n) is 4.37. The first-order valence-corrected chi connectivity index (χ1v) is 8.05. The van der Waals surface area contributed by atoms with Gasteiger partial charge in [0.15, 0.2) is 5.76 Å². The Hall–Kier alpha value is -2.30. The number of hydrogen-bond acceptors (Lipinski definition) is 4. The van der Waals surface area contributed by atoms with Crippen LogP contribution in [0, 0.1) is 12.8 Å². The SMILES string of the molecule is CCOC(=O)[C@@H]1CCCN(C(=O)c2oc3ccccc3c2C)C1. The van der Waals surface area contributed by atoms with Gasteiger partial charge in [0.05, 0.1) is 12.5 Å². The van der Waals surface area contributed by atoms with Crippen molar-refractivity contribution >= 4 is 22.8 Å². The first kappa shape index (κ1) is 15.6. The number of para-hydroxylation sites is 1. The summed E-state index contributed by atoms with van der Waals surface area (Å²) in [7, 11) is 0. The Bertz CT molecular complexity index is 734. The molecular formula is C18H21NO4. The molecule has 2 aromatic rings. The van der Waals surface area contributed by atoms with E-state index in [0.717, 1.165) is 23.8 Å². The van der Waals surface area contributed by atoms with Crippen LogP contribution in [-0.4, -0.2) is 36.5 Å². The zero-order valence-electron chi connectivity index (χ0n) is 13.5. The molecule has 2 heterocycles. The topological polar surface area (TPSA) is 59.8 Å². The van der Waals surface area contributed by atoms with Crippen molar-refractivity contribution in [3.63, 3.8) is 0 Å². The first-order chi connectivity index (χ1) is 11.1. The van der Waals surface area contributed by atoms with Crippen LogP contribution in [0.2, 0.25) is 0 Å². The molecule has 0 saturated carbocycles. The molecule has 1 atom stereocenters. The zero-order valence-corrected chi connectivity index (χ0v) is 13.5. The molecule has 5 nitrogen and oxygen atoms in total. The number of aryl methyl sites for hydroxylation is 1. The number of carbonyl (C=O) groups is 2. The van der Waals surface area contributed by atoms with Gasteiger partial charge in [-0.3, -0.25) is 9.59 Å². The van der Waals surface area contributed by atoms with E-state index in [1.54, 1.807) is 11.8 Å². The first-order valence-electron chi connectivity index (χ1n) is 8.05. The van der Waals surface area contributed by atoms with Crippen molar-refractivity contribution in [1.29, 1.82) is 0 Å². The standard InChI is InChI=1S/C18H21NO4/c1-3-22-18(21)13-7-6-10-19(11-13)17(20)16-12(2)14-8-4-5-9-15(14)23-16/h4-5,8-9,13H,3,6-7,10-11H2,1-2H3/t13-/m1/s1. The maximum absolute atomic E-state index is 12.8. The fourth-order valence-corrected chi connectivity index (χ4v) is 3.14. The molecule has 0 bridgehead atoms. The second-order valence-corrected chi connectivity index (χ2v) is 5.89. The Kier molecular flexibility index (Phi) is 4.37. The molecule has 1 fully saturated rings. The number of nitrogens with zero attached hydrogens (tertiary/aromatic N) is 1. The number of furan rings is 1. The molecule has 1 aliphatic rings. The van der Waals surface area contributed by atoms with Crippen molar-refractivity contribution in [3.8, 4) is 0 Å². The van der Waals surface area contributed by atoms with Crippen LogP contribution in [0.15, 0.2) is 28.7 Å². The molecule has 0 spiro atoms. The lowest BCUT2D eigenvalue weighted by atomic mass is 9.98. The van der Waals surface area contributed by atoms with Crippen LogP contribution in [0.3, 0.4) is 0 Å². The van der Waals surface area contributed by atoms with Crippen molar-refractivity contribution in [2.75, 3.05) is 19.7 Å². The van der Waals surface area contributed by atoms with Gasteiger partial charge in [-0.1, -0.05) is 18.2 Å². The summed E-state index contributed by atoms with van der Waals surface area (Å²) in [5.41, 5.74) is 1.57. The molecule has 5 heteroatoms. The van der Waals surface area contributed by atoms with Gasteiger partial charge in [-0.15, -0.1) is 0 Å². The third-order valence-corrected chi connectivity index (χ3v) is 4.37. The monoisotopic (exact) mass is 315 g/mol. The second-order valence-electron chi connectivity index (χ2n) is 5.89. The van der Waals surface area contributed by atoms with Crippen LogP contribution in [0.4, 0.5) is 0 Å². The van der Waals surface area contributed by atoms with Gasteiger partial charge in [-0.05, 0) is 32.8 Å². The predicted molar refractivity (Wildman–Crippen MR) is 86.2 cm³/mol. The lowest BCUT2D eigenvalue weighted by Gasteiger charge is -2.31. The van der Waals surface area contributed by atoms with Crippen molar-refractivity contribution in [2.24, 2.45) is 5.92 Å². The highest BCUT2D eigenvalue weighted by Crippen LogP contribution is 2.27. The minimum absolute atomic E-state index is 0.146. The molecule has 0 aliphatic carbocycles. The zero-order chi connectivity index (χ0) is 16.4. The Morgan fingerprint density at radius 1 is 1.35 bits per heavy atom. The van der Waals surface area contributed by atoms with E-state index in [9.17, 15) is 9.59 Å². The summed E-state index contributed by atoms with van der Waals surface area (Å²) in [5.74, 6) is -0.230. The maximum atomic E-state index is 12.8. The summed E-state index contributed by atoms with van der Waals surface area (Å²) in [4.78, 5) is 26.4. The number of likely N-dealkylation sites (tertiary alicyclic amines) is 1. The minimum atomic E-state index is -0.239. The van der Waals surface area contributed by atoms with E-state index in [4.69, 9.17) is 9.15 Å². The molecule has 1 amide bonds. The number of benzene rings is 1. The van der Waals surface area contributed by atoms with Crippen molar-refractivity contribution in [2.45, 2.75) is 26.7 Å². The highest BCUT2D eigenvalue weighted by molar-refractivity contribution is 5.99. The van der Waals surface area contributed by atoms with E-state index in [1.165, 1.54) is 0 Å². The average molecular weight is 315 g/mol. The van der Waals surface area contributed by atoms with Gasteiger partial charge in [-0.2, -0.15) is 0 Å². The lowest BCUT2D eigenvalue weighted by Crippen LogP contribution is -2.42. The number of rotatable bonds is 3. The van der Waals surface area contributed by atoms with Crippen molar-refractivity contribution in [1.82, 2.24) is 4.90 Å². The summed E-state index contributed by atoms with van der Waals surface area (Å²) < 4.78 is 10.8. The van der Waals surface area contributed by atoms with Crippen LogP contribution < -0.4 is 0 Å². The second kappa shape index (κ2) is 6.44. The molecule has 122 valence electrons. The van der Waals surface area contributed by atoms with Crippen LogP contribution >= 0.6 is 0 Å². The molecule has 0 radical (unpaired) electrons. The quantitative estimate of drug-likeness (QED) is 0.816. The number of carbonyl (C=O) groups excluding carboxylic acids is 2. The van der Waals surface area contributed by atoms with Crippen molar-refractivity contribution < 1.29 is 18.7 Å². The van der Waals surface area contributed by atoms with Gasteiger partial charge in [0.25, 0.3) is 5.91 Å². The van der Waals surface area contributed by atoms with Crippen LogP contribution in [0.1, 0.15) is 35.9 Å². The van der Waals surface area contributed by atoms with E-state index < -0.39 is 0 Å². The predicted octanol–water partition coefficient (Wildman–Crippen LogP) is 3.16. The molecule has 23 heavy (non-hydrogen) atoms. The largest absolute Gasteiger partial charge is 0.466 e. The molecule has 3 rings (SSSR count). The minimum Gasteiger partial charge on any atom is -0.466 e. The molecule has 0 N–H and O–H groups in total. The van der Waals surface area contributed by atoms with Gasteiger partial charge in [0.2, 0.25) is 0 Å². The highest BCUT2D eigenvalue weighted by atomic mass is 16.5. The molecule has 1 saturated heterocycles. The summed E-state index contributed by atoms with van der Waals surface area (Å²) in [6.45, 7) is 5.10. The number of ether oxygens (including phenoxy) is 1. The van der Waals surface area contributed by atoms with E-state index >= 15 is 0 Å². The van der Waals surface area contributed by atoms with Gasteiger partial charge in [-0.25, -0.2) is 0 Å². The smallest absolute Gasteiger partial charge is 0.310 e. The lowest BCUT2D eigenvalue weighted by molar-refractivity contribution is -0.149. The van der Waals surface area contributed by atoms with Crippen LogP contribution in [0.25, 0.3) is 11.0 Å². The van der Waals surface area contributed by atoms with E-state index in [-0.39, 0.29) is 17.8 Å². The third kappa shape index (κ3) is 2.96. The summed E-state index contributed by atoms with van der Waals surface area (Å²) in [6, 6.07) is 7.62. The Morgan fingerprint density at radius 3 is 2.87 bits per heavy atom. The number of fused-ring (bicyclic) bond motifs is 1. The number of piperidine rings is 1. The van der Waals surface area contributed by atoms with Gasteiger partial charge in [0, 0.05) is 24.0 Å². The van der Waals surface area contributed by atoms with Gasteiger partial charge in [0.1, 0.15) is 5.58 Å². The Labute approximate surface area is 135 Å². The Morgan fingerprint density at radius 2 is 2.13 bits per heavy atom. The molecule has 1 aliphatic heterocycles. The fourth-order valence-electron chi connectivity index (χ4n) is 3.14. The molecule has 1 aromatic carbocycles. The summed E-state index contributed by atoms with van der Waals surface area (Å²) in [6.07, 6.45) is 1.57. The molecular weight excluding hydrogens is 294 g/mol. The van der Waals surface area contributed by atoms with Crippen molar-refractivity contribution in [3.05, 3.63) is 35.6 Å². The number of esters is 1. The average Bonchev–Trinajstić information content (AvgIpc) is 2.92. The Balaban J connectivity index is 1.81. The normalized spacial score (nSPS) is 18.2. The van der Waals surface area contributed by atoms with Crippen LogP contribution in [0.5, 0.6) is 0 Å². The van der Waals surface area contributed by atoms with E-state index in [2.05, 4.69) is 0 Å². The summed E-state index contributed by atoms with van der Waals surface area (Å²) >= 11 is 0. The number of amides is 1. The highest BCUT2D eigenvalue weighted by Gasteiger charge is 2.31. The fraction of sp³-hybridized carbons (Fsp3) is 0.444. The van der Waals surface area contributed by atoms with E-state index in [0.29, 0.717) is 31.0 Å². The van der Waals surface area contributed by atoms with Crippen LogP contribution in [-0.2, 0) is 9.53 Å². The van der Waals surface area contributed by atoms with Gasteiger partial charge >= 0.3 is 5.97 Å². The summed E-state index contributed by atoms with van der Waals surface area (Å²) in [5, 5.41) is 0.954. The van der Waals surface area contributed by atoms with Gasteiger partial charge < -0.3 is 14.1 Å².